The van der Waals surface area contributed by atoms with E-state index < -0.39 is 0 Å². The topological polar surface area (TPSA) is 55.9 Å². The molecule has 3 atom stereocenters. The van der Waals surface area contributed by atoms with Crippen LogP contribution >= 0.6 is 22.7 Å². The average molecular weight is 694 g/mol. The summed E-state index contributed by atoms with van der Waals surface area (Å²) < 4.78 is 11.6. The summed E-state index contributed by atoms with van der Waals surface area (Å²) in [6, 6.07) is 54.7. The van der Waals surface area contributed by atoms with E-state index in [1.54, 1.807) is 0 Å². The summed E-state index contributed by atoms with van der Waals surface area (Å²) in [5.74, 6) is 0. The summed E-state index contributed by atoms with van der Waals surface area (Å²) in [4.78, 5) is 0. The first kappa shape index (κ1) is 29.4. The Labute approximate surface area is 302 Å². The Bertz CT molecular complexity index is 2940. The fraction of sp³-hybridized carbons (Fsp3) is 0.0667. The van der Waals surface area contributed by atoms with Gasteiger partial charge in [-0.3, -0.25) is 5.32 Å². The van der Waals surface area contributed by atoms with E-state index in [0.29, 0.717) is 0 Å². The maximum atomic E-state index is 6.30. The van der Waals surface area contributed by atoms with E-state index in [0.717, 1.165) is 27.5 Å². The lowest BCUT2D eigenvalue weighted by Gasteiger charge is -2.47. The molecule has 10 aromatic rings. The molecule has 1 saturated heterocycles. The second kappa shape index (κ2) is 11.6. The molecule has 1 fully saturated rings. The van der Waals surface area contributed by atoms with Crippen LogP contribution in [0.2, 0.25) is 0 Å². The summed E-state index contributed by atoms with van der Waals surface area (Å²) in [5, 5.41) is 19.3. The van der Waals surface area contributed by atoms with Crippen LogP contribution < -0.4 is 10.6 Å². The van der Waals surface area contributed by atoms with Gasteiger partial charge in [0, 0.05) is 68.4 Å². The largest absolute Gasteiger partial charge is 0.586 e. The molecular formula is C45H31N3OS2. The van der Waals surface area contributed by atoms with Crippen molar-refractivity contribution >= 4 is 85.0 Å². The van der Waals surface area contributed by atoms with Gasteiger partial charge in [0.05, 0.1) is 0 Å². The molecule has 51 heavy (non-hydrogen) atoms. The molecule has 0 bridgehead atoms. The number of rotatable bonds is 4. The van der Waals surface area contributed by atoms with E-state index in [1.807, 2.05) is 34.8 Å². The molecule has 3 unspecified atom stereocenters. The smallest absolute Gasteiger partial charge is 0.164 e. The van der Waals surface area contributed by atoms with Gasteiger partial charge in [-0.1, -0.05) is 121 Å². The van der Waals surface area contributed by atoms with Crippen LogP contribution in [0.25, 0.3) is 78.7 Å². The monoisotopic (exact) mass is 693 g/mol. The summed E-state index contributed by atoms with van der Waals surface area (Å²) in [6.07, 6.45) is -0.323. The second-order valence-electron chi connectivity index (χ2n) is 13.4. The number of hydrogen-bond acceptors (Lipinski definition) is 4. The van der Waals surface area contributed by atoms with E-state index in [2.05, 4.69) is 150 Å². The van der Waals surface area contributed by atoms with Crippen LogP contribution in [0.5, 0.6) is 0 Å². The predicted molar refractivity (Wildman–Crippen MR) is 214 cm³/mol. The number of nitrogens with two attached hydrogens (primary N) is 1. The van der Waals surface area contributed by atoms with Crippen LogP contribution in [0, 0.1) is 0 Å². The molecule has 3 aromatic heterocycles. The molecule has 11 rings (SSSR count). The van der Waals surface area contributed by atoms with Crippen molar-refractivity contribution in [1.82, 2.24) is 5.32 Å². The molecule has 7 aromatic carbocycles. The summed E-state index contributed by atoms with van der Waals surface area (Å²) in [6.45, 7) is 0. The number of furan rings is 1. The van der Waals surface area contributed by atoms with E-state index >= 15 is 0 Å². The lowest BCUT2D eigenvalue weighted by Crippen LogP contribution is -2.91. The quantitative estimate of drug-likeness (QED) is 0.193. The number of nitrogens with one attached hydrogen (secondary N) is 1. The molecule has 244 valence electrons. The third-order valence-electron chi connectivity index (χ3n) is 10.5. The van der Waals surface area contributed by atoms with Gasteiger partial charge in [0.1, 0.15) is 11.2 Å². The molecule has 1 aliphatic heterocycles. The molecule has 4 heterocycles. The SMILES string of the molecule is c1ccc(C2NC(c3cccc4oc5ccccc5c34)[N-]C(c3cccc4c3sc3ccc(-c5cccc6c5sc5ccccc56)cc34)[NH2+]2)cc1. The fourth-order valence-corrected chi connectivity index (χ4v) is 10.6. The van der Waals surface area contributed by atoms with Crippen molar-refractivity contribution in [3.63, 3.8) is 0 Å². The summed E-state index contributed by atoms with van der Waals surface area (Å²) >= 11 is 3.77. The van der Waals surface area contributed by atoms with Gasteiger partial charge in [-0.25, -0.2) is 0 Å². The van der Waals surface area contributed by atoms with E-state index in [4.69, 9.17) is 9.73 Å². The van der Waals surface area contributed by atoms with E-state index in [9.17, 15) is 0 Å². The normalized spacial score (nSPS) is 18.2. The Morgan fingerprint density at radius 1 is 0.549 bits per heavy atom. The van der Waals surface area contributed by atoms with Crippen LogP contribution in [-0.2, 0) is 0 Å². The van der Waals surface area contributed by atoms with Gasteiger partial charge in [0.2, 0.25) is 0 Å². The van der Waals surface area contributed by atoms with Gasteiger partial charge < -0.3 is 15.1 Å². The zero-order valence-electron chi connectivity index (χ0n) is 27.4. The Morgan fingerprint density at radius 3 is 2.16 bits per heavy atom. The first-order valence-electron chi connectivity index (χ1n) is 17.4. The molecule has 1 aliphatic rings. The van der Waals surface area contributed by atoms with Gasteiger partial charge in [-0.2, -0.15) is 0 Å². The first-order chi connectivity index (χ1) is 25.3. The maximum Gasteiger partial charge on any atom is 0.164 e. The average Bonchev–Trinajstić information content (AvgIpc) is 3.89. The van der Waals surface area contributed by atoms with Crippen molar-refractivity contribution < 1.29 is 9.73 Å². The van der Waals surface area contributed by atoms with Crippen LogP contribution in [0.3, 0.4) is 0 Å². The van der Waals surface area contributed by atoms with Crippen LogP contribution in [-0.4, -0.2) is 0 Å². The van der Waals surface area contributed by atoms with Crippen molar-refractivity contribution in [2.75, 3.05) is 0 Å². The van der Waals surface area contributed by atoms with Gasteiger partial charge in [0.15, 0.2) is 6.17 Å². The number of thiophene rings is 2. The molecule has 0 spiro atoms. The van der Waals surface area contributed by atoms with Gasteiger partial charge in [-0.15, -0.1) is 22.7 Å². The Kier molecular flexibility index (Phi) is 6.69. The van der Waals surface area contributed by atoms with Crippen LogP contribution in [0.15, 0.2) is 156 Å². The minimum absolute atomic E-state index is 0.0187. The highest BCUT2D eigenvalue weighted by Crippen LogP contribution is 2.45. The predicted octanol–water partition coefficient (Wildman–Crippen LogP) is 11.9. The Morgan fingerprint density at radius 2 is 1.24 bits per heavy atom. The van der Waals surface area contributed by atoms with Crippen molar-refractivity contribution in [3.05, 3.63) is 174 Å². The number of hydrogen-bond donors (Lipinski definition) is 2. The van der Waals surface area contributed by atoms with E-state index in [-0.39, 0.29) is 18.5 Å². The maximum absolute atomic E-state index is 6.30. The molecular weight excluding hydrogens is 663 g/mol. The minimum Gasteiger partial charge on any atom is -0.586 e. The highest BCUT2D eigenvalue weighted by Gasteiger charge is 2.28. The molecule has 0 saturated carbocycles. The van der Waals surface area contributed by atoms with Crippen molar-refractivity contribution in [3.8, 4) is 11.1 Å². The zero-order chi connectivity index (χ0) is 33.5. The van der Waals surface area contributed by atoms with Crippen molar-refractivity contribution in [1.29, 1.82) is 0 Å². The number of fused-ring (bicyclic) bond motifs is 9. The van der Waals surface area contributed by atoms with Crippen molar-refractivity contribution in [2.24, 2.45) is 0 Å². The molecule has 0 amide bonds. The molecule has 4 nitrogen and oxygen atoms in total. The van der Waals surface area contributed by atoms with Gasteiger partial charge in [-0.05, 0) is 53.2 Å². The van der Waals surface area contributed by atoms with Crippen molar-refractivity contribution in [2.45, 2.75) is 18.5 Å². The van der Waals surface area contributed by atoms with Gasteiger partial charge in [0.25, 0.3) is 0 Å². The first-order valence-corrected chi connectivity index (χ1v) is 19.0. The number of benzene rings is 7. The Balaban J connectivity index is 1.04. The van der Waals surface area contributed by atoms with E-state index in [1.165, 1.54) is 62.6 Å². The lowest BCUT2D eigenvalue weighted by molar-refractivity contribution is -0.739. The summed E-state index contributed by atoms with van der Waals surface area (Å²) in [7, 11) is 0. The molecule has 6 heteroatoms. The highest BCUT2D eigenvalue weighted by molar-refractivity contribution is 7.26. The number of para-hydroxylation sites is 1. The number of nitrogens with zero attached hydrogens (tertiary/aromatic N) is 1. The van der Waals surface area contributed by atoms with Gasteiger partial charge >= 0.3 is 0 Å². The highest BCUT2D eigenvalue weighted by atomic mass is 32.1. The fourth-order valence-electron chi connectivity index (χ4n) is 8.11. The molecule has 3 N–H and O–H groups in total. The third kappa shape index (κ3) is 4.69. The number of quaternary nitrogens is 1. The Hall–Kier alpha value is -5.34. The minimum atomic E-state index is -0.229. The summed E-state index contributed by atoms with van der Waals surface area (Å²) in [5.41, 5.74) is 7.96. The molecule has 0 aliphatic carbocycles. The third-order valence-corrected chi connectivity index (χ3v) is 12.9. The second-order valence-corrected chi connectivity index (χ2v) is 15.5. The van der Waals surface area contributed by atoms with Crippen LogP contribution in [0.1, 0.15) is 35.2 Å². The lowest BCUT2D eigenvalue weighted by atomic mass is 9.99. The standard InChI is InChI=1S/C45H30N3OS2/c1-2-11-26(12-3-1)43-46-44(33-18-10-21-37-40(33)32-14-4-6-20-36(32)49-37)48-45(47-43)34-19-9-17-31-35-25-27(23-24-39(35)51-42(31)34)28-15-8-16-30-29-13-5-7-22-38(29)50-41(28)30/h1-25,43-47H/q-1/p+1. The zero-order valence-corrected chi connectivity index (χ0v) is 29.0. The van der Waals surface area contributed by atoms with Crippen LogP contribution in [0.4, 0.5) is 0 Å². The molecule has 0 radical (unpaired) electrons.